The zero-order chi connectivity index (χ0) is 27.7. The smallest absolute Gasteiger partial charge is 0.324 e. The molecule has 11 heteroatoms. The highest BCUT2D eigenvalue weighted by atomic mass is 19.1. The van der Waals surface area contributed by atoms with Crippen molar-refractivity contribution >= 4 is 17.9 Å². The molecule has 2 aliphatic rings. The fourth-order valence-corrected chi connectivity index (χ4v) is 5.56. The van der Waals surface area contributed by atoms with Crippen LogP contribution < -0.4 is 15.5 Å². The molecule has 2 N–H and O–H groups in total. The van der Waals surface area contributed by atoms with Crippen LogP contribution in [-0.2, 0) is 0 Å². The average molecular weight is 537 g/mol. The molecule has 39 heavy (non-hydrogen) atoms. The molecule has 0 saturated carbocycles. The topological polar surface area (TPSA) is 118 Å². The summed E-state index contributed by atoms with van der Waals surface area (Å²) in [6, 6.07) is 5.53. The van der Waals surface area contributed by atoms with Crippen molar-refractivity contribution in [3.8, 4) is 0 Å². The number of hydrogen-bond acceptors (Lipinski definition) is 9. The Morgan fingerprint density at radius 3 is 2.54 bits per heavy atom. The molecule has 0 unspecified atom stereocenters. The summed E-state index contributed by atoms with van der Waals surface area (Å²) >= 11 is 0. The summed E-state index contributed by atoms with van der Waals surface area (Å²) in [7, 11) is 0. The Balaban J connectivity index is 1.21. The van der Waals surface area contributed by atoms with E-state index in [-0.39, 0.29) is 35.6 Å². The highest BCUT2D eigenvalue weighted by molar-refractivity contribution is 5.94. The standard InChI is InChI=1S/C28H37FN8O2/c1-5-37(20-8-10-35(11-9-20)28-33-25(17(2)3)34-39-28)26(38)19-13-31-27(32-14-19)36-15-22(24(30)16-36)21-12-18(4)6-7-23(21)29/h6-7,12-14,17,20,22,24H,5,8-11,15-16,30H2,1-4H3/t22-,24+/m1/s1. The van der Waals surface area contributed by atoms with Gasteiger partial charge in [-0.2, -0.15) is 4.98 Å². The zero-order valence-electron chi connectivity index (χ0n) is 23.0. The van der Waals surface area contributed by atoms with Crippen molar-refractivity contribution in [1.82, 2.24) is 25.0 Å². The highest BCUT2D eigenvalue weighted by Gasteiger charge is 2.35. The molecule has 2 saturated heterocycles. The molecule has 0 bridgehead atoms. The Kier molecular flexibility index (Phi) is 7.79. The van der Waals surface area contributed by atoms with E-state index < -0.39 is 0 Å². The summed E-state index contributed by atoms with van der Waals surface area (Å²) in [4.78, 5) is 32.8. The quantitative estimate of drug-likeness (QED) is 0.484. The van der Waals surface area contributed by atoms with Crippen molar-refractivity contribution in [3.05, 3.63) is 58.9 Å². The van der Waals surface area contributed by atoms with Crippen molar-refractivity contribution in [2.75, 3.05) is 42.5 Å². The molecule has 1 aromatic carbocycles. The van der Waals surface area contributed by atoms with Gasteiger partial charge in [0.25, 0.3) is 5.91 Å². The van der Waals surface area contributed by atoms with Gasteiger partial charge >= 0.3 is 6.01 Å². The van der Waals surface area contributed by atoms with Gasteiger partial charge in [0.2, 0.25) is 5.95 Å². The van der Waals surface area contributed by atoms with Gasteiger partial charge in [-0.1, -0.05) is 36.7 Å². The molecule has 0 spiro atoms. The number of piperidine rings is 1. The van der Waals surface area contributed by atoms with Crippen molar-refractivity contribution in [1.29, 1.82) is 0 Å². The van der Waals surface area contributed by atoms with E-state index in [4.69, 9.17) is 10.3 Å². The molecule has 2 atom stereocenters. The van der Waals surface area contributed by atoms with Gasteiger partial charge in [-0.05, 0) is 38.3 Å². The second-order valence-electron chi connectivity index (χ2n) is 10.9. The fraction of sp³-hybridized carbons (Fsp3) is 0.536. The van der Waals surface area contributed by atoms with Crippen LogP contribution in [0.25, 0.3) is 0 Å². The van der Waals surface area contributed by atoms with Gasteiger partial charge in [0.05, 0.1) is 5.56 Å². The van der Waals surface area contributed by atoms with Crippen LogP contribution >= 0.6 is 0 Å². The van der Waals surface area contributed by atoms with Crippen LogP contribution in [0.4, 0.5) is 16.4 Å². The van der Waals surface area contributed by atoms with E-state index in [0.29, 0.717) is 48.5 Å². The zero-order valence-corrected chi connectivity index (χ0v) is 23.0. The number of aromatic nitrogens is 4. The Morgan fingerprint density at radius 2 is 1.90 bits per heavy atom. The normalized spacial score (nSPS) is 20.2. The second kappa shape index (κ2) is 11.3. The van der Waals surface area contributed by atoms with Crippen molar-refractivity contribution in [2.45, 2.75) is 64.5 Å². The molecular weight excluding hydrogens is 499 g/mol. The number of carbonyl (C=O) groups is 1. The Bertz CT molecular complexity index is 1290. The summed E-state index contributed by atoms with van der Waals surface area (Å²) in [6.45, 7) is 11.1. The first kappa shape index (κ1) is 27.0. The maximum Gasteiger partial charge on any atom is 0.324 e. The predicted octanol–water partition coefficient (Wildman–Crippen LogP) is 3.49. The van der Waals surface area contributed by atoms with E-state index in [2.05, 4.69) is 25.0 Å². The van der Waals surface area contributed by atoms with Crippen LogP contribution in [0.1, 0.15) is 72.8 Å². The molecule has 3 aromatic rings. The summed E-state index contributed by atoms with van der Waals surface area (Å²) in [5.74, 6) is 0.929. The fourth-order valence-electron chi connectivity index (χ4n) is 5.56. The molecule has 208 valence electrons. The van der Waals surface area contributed by atoms with Crippen LogP contribution in [0.3, 0.4) is 0 Å². The molecule has 0 radical (unpaired) electrons. The van der Waals surface area contributed by atoms with E-state index in [1.807, 2.05) is 43.6 Å². The lowest BCUT2D eigenvalue weighted by molar-refractivity contribution is 0.0661. The monoisotopic (exact) mass is 536 g/mol. The van der Waals surface area contributed by atoms with Crippen LogP contribution in [0.15, 0.2) is 35.1 Å². The molecule has 10 nitrogen and oxygen atoms in total. The van der Waals surface area contributed by atoms with Gasteiger partial charge in [0.1, 0.15) is 5.82 Å². The van der Waals surface area contributed by atoms with Gasteiger partial charge in [-0.3, -0.25) is 4.79 Å². The molecule has 2 fully saturated rings. The average Bonchev–Trinajstić information content (AvgIpc) is 3.59. The summed E-state index contributed by atoms with van der Waals surface area (Å²) in [6.07, 6.45) is 4.78. The minimum atomic E-state index is -0.243. The van der Waals surface area contributed by atoms with Crippen molar-refractivity contribution in [3.63, 3.8) is 0 Å². The summed E-state index contributed by atoms with van der Waals surface area (Å²) in [5.41, 5.74) is 8.47. The second-order valence-corrected chi connectivity index (χ2v) is 10.9. The lowest BCUT2D eigenvalue weighted by Crippen LogP contribution is -2.47. The molecule has 0 aliphatic carbocycles. The van der Waals surface area contributed by atoms with E-state index in [9.17, 15) is 9.18 Å². The highest BCUT2D eigenvalue weighted by Crippen LogP contribution is 2.31. The first-order chi connectivity index (χ1) is 18.7. The Labute approximate surface area is 228 Å². The number of hydrogen-bond donors (Lipinski definition) is 1. The third-order valence-corrected chi connectivity index (χ3v) is 7.81. The van der Waals surface area contributed by atoms with Crippen LogP contribution in [0, 0.1) is 12.7 Å². The Hall–Kier alpha value is -3.60. The Morgan fingerprint density at radius 1 is 1.18 bits per heavy atom. The minimum absolute atomic E-state index is 0.0831. The molecule has 4 heterocycles. The number of rotatable bonds is 7. The number of carbonyl (C=O) groups excluding carboxylic acids is 1. The first-order valence-corrected chi connectivity index (χ1v) is 13.7. The van der Waals surface area contributed by atoms with Crippen LogP contribution in [0.2, 0.25) is 0 Å². The number of nitrogens with two attached hydrogens (primary N) is 1. The predicted molar refractivity (Wildman–Crippen MR) is 146 cm³/mol. The van der Waals surface area contributed by atoms with Gasteiger partial charge in [0.15, 0.2) is 5.82 Å². The molecule has 5 rings (SSSR count). The van der Waals surface area contributed by atoms with Crippen LogP contribution in [0.5, 0.6) is 0 Å². The number of anilines is 2. The summed E-state index contributed by atoms with van der Waals surface area (Å²) in [5, 5.41) is 4.06. The third-order valence-electron chi connectivity index (χ3n) is 7.81. The number of nitrogens with zero attached hydrogens (tertiary/aromatic N) is 7. The maximum atomic E-state index is 14.5. The molecule has 2 aliphatic heterocycles. The van der Waals surface area contributed by atoms with Crippen molar-refractivity contribution < 1.29 is 13.7 Å². The number of amides is 1. The lowest BCUT2D eigenvalue weighted by Gasteiger charge is -2.37. The first-order valence-electron chi connectivity index (χ1n) is 13.7. The largest absolute Gasteiger partial charge is 0.339 e. The number of aryl methyl sites for hydroxylation is 1. The third kappa shape index (κ3) is 5.59. The maximum absolute atomic E-state index is 14.5. The van der Waals surface area contributed by atoms with Gasteiger partial charge < -0.3 is 25.0 Å². The van der Waals surface area contributed by atoms with E-state index in [1.165, 1.54) is 6.07 Å². The van der Waals surface area contributed by atoms with Gasteiger partial charge in [-0.25, -0.2) is 14.4 Å². The number of halogens is 1. The van der Waals surface area contributed by atoms with E-state index >= 15 is 0 Å². The lowest BCUT2D eigenvalue weighted by atomic mass is 9.93. The minimum Gasteiger partial charge on any atom is -0.339 e. The summed E-state index contributed by atoms with van der Waals surface area (Å²) < 4.78 is 20.0. The van der Waals surface area contributed by atoms with E-state index in [1.54, 1.807) is 18.5 Å². The molecule has 2 aromatic heterocycles. The SMILES string of the molecule is CCN(C(=O)c1cnc(N2C[C@H](c3cc(C)ccc3F)[C@@H](N)C2)nc1)C1CCN(c2nc(C(C)C)no2)CC1. The van der Waals surface area contributed by atoms with Crippen LogP contribution in [-0.4, -0.2) is 75.7 Å². The van der Waals surface area contributed by atoms with Crippen molar-refractivity contribution in [2.24, 2.45) is 5.73 Å². The van der Waals surface area contributed by atoms with E-state index in [0.717, 1.165) is 31.5 Å². The van der Waals surface area contributed by atoms with Gasteiger partial charge in [0, 0.05) is 69.0 Å². The van der Waals surface area contributed by atoms with Gasteiger partial charge in [-0.15, -0.1) is 0 Å². The number of benzene rings is 1. The molecule has 1 amide bonds. The molecular formula is C28H37FN8O2.